The van der Waals surface area contributed by atoms with E-state index in [-0.39, 0.29) is 11.4 Å². The van der Waals surface area contributed by atoms with E-state index in [0.29, 0.717) is 11.4 Å². The number of pyridine rings is 1. The Bertz CT molecular complexity index is 614. The molecule has 6 heteroatoms. The SMILES string of the molecule is CCc1ccc(Oc2cncc(N)c2)c([N+](=O)[O-])c1. The maximum atomic E-state index is 11.0. The van der Waals surface area contributed by atoms with E-state index in [1.54, 1.807) is 18.2 Å². The van der Waals surface area contributed by atoms with Crippen LogP contribution in [0.25, 0.3) is 0 Å². The van der Waals surface area contributed by atoms with Gasteiger partial charge in [-0.2, -0.15) is 0 Å². The highest BCUT2D eigenvalue weighted by atomic mass is 16.6. The molecule has 2 N–H and O–H groups in total. The molecule has 0 atom stereocenters. The number of nitro benzene ring substituents is 1. The van der Waals surface area contributed by atoms with Gasteiger partial charge >= 0.3 is 5.69 Å². The first-order chi connectivity index (χ1) is 9.10. The Hall–Kier alpha value is -2.63. The molecule has 1 aromatic carbocycles. The van der Waals surface area contributed by atoms with Crippen LogP contribution in [-0.2, 0) is 6.42 Å². The van der Waals surface area contributed by atoms with E-state index in [1.165, 1.54) is 18.5 Å². The molecule has 0 radical (unpaired) electrons. The summed E-state index contributed by atoms with van der Waals surface area (Å²) >= 11 is 0. The number of benzene rings is 1. The van der Waals surface area contributed by atoms with Gasteiger partial charge in [0.05, 0.1) is 23.0 Å². The van der Waals surface area contributed by atoms with E-state index >= 15 is 0 Å². The molecule has 2 rings (SSSR count). The number of aromatic nitrogens is 1. The van der Waals surface area contributed by atoms with Crippen LogP contribution in [0.3, 0.4) is 0 Å². The van der Waals surface area contributed by atoms with Crippen LogP contribution in [0, 0.1) is 10.1 Å². The fourth-order valence-electron chi connectivity index (χ4n) is 1.63. The Labute approximate surface area is 110 Å². The van der Waals surface area contributed by atoms with Crippen LogP contribution >= 0.6 is 0 Å². The number of hydrogen-bond acceptors (Lipinski definition) is 5. The molecule has 1 aromatic heterocycles. The third-order valence-electron chi connectivity index (χ3n) is 2.59. The maximum Gasteiger partial charge on any atom is 0.311 e. The van der Waals surface area contributed by atoms with Crippen molar-refractivity contribution in [1.82, 2.24) is 4.98 Å². The average Bonchev–Trinajstić information content (AvgIpc) is 2.39. The number of rotatable bonds is 4. The van der Waals surface area contributed by atoms with E-state index < -0.39 is 4.92 Å². The van der Waals surface area contributed by atoms with E-state index in [2.05, 4.69) is 4.98 Å². The standard InChI is InChI=1S/C13H13N3O3/c1-2-9-3-4-13(12(5-9)16(17)18)19-11-6-10(14)7-15-8-11/h3-8H,2,14H2,1H3. The van der Waals surface area contributed by atoms with Crippen molar-refractivity contribution in [2.24, 2.45) is 0 Å². The summed E-state index contributed by atoms with van der Waals surface area (Å²) in [5.41, 5.74) is 6.83. The largest absolute Gasteiger partial charge is 0.448 e. The van der Waals surface area contributed by atoms with E-state index in [9.17, 15) is 10.1 Å². The van der Waals surface area contributed by atoms with E-state index in [1.807, 2.05) is 6.92 Å². The average molecular weight is 259 g/mol. The summed E-state index contributed by atoms with van der Waals surface area (Å²) in [6.45, 7) is 1.93. The third-order valence-corrected chi connectivity index (χ3v) is 2.59. The molecule has 6 nitrogen and oxygen atoms in total. The van der Waals surface area contributed by atoms with Gasteiger partial charge in [0.25, 0.3) is 0 Å². The zero-order chi connectivity index (χ0) is 13.8. The minimum atomic E-state index is -0.464. The van der Waals surface area contributed by atoms with Crippen molar-refractivity contribution in [3.8, 4) is 11.5 Å². The summed E-state index contributed by atoms with van der Waals surface area (Å²) in [4.78, 5) is 14.4. The molecule has 19 heavy (non-hydrogen) atoms. The van der Waals surface area contributed by atoms with Gasteiger partial charge in [-0.05, 0) is 18.1 Å². The predicted molar refractivity (Wildman–Crippen MR) is 71.2 cm³/mol. The fraction of sp³-hybridized carbons (Fsp3) is 0.154. The maximum absolute atomic E-state index is 11.0. The summed E-state index contributed by atoms with van der Waals surface area (Å²) in [6, 6.07) is 6.45. The highest BCUT2D eigenvalue weighted by molar-refractivity contribution is 5.51. The molecular formula is C13H13N3O3. The molecule has 0 saturated carbocycles. The molecule has 1 heterocycles. The first kappa shape index (κ1) is 12.8. The van der Waals surface area contributed by atoms with Crippen molar-refractivity contribution >= 4 is 11.4 Å². The smallest absolute Gasteiger partial charge is 0.311 e. The molecule has 0 aliphatic carbocycles. The Morgan fingerprint density at radius 3 is 2.79 bits per heavy atom. The van der Waals surface area contributed by atoms with Gasteiger partial charge in [0, 0.05) is 12.1 Å². The second-order valence-electron chi connectivity index (χ2n) is 3.97. The number of anilines is 1. The monoisotopic (exact) mass is 259 g/mol. The Morgan fingerprint density at radius 1 is 1.37 bits per heavy atom. The topological polar surface area (TPSA) is 91.3 Å². The zero-order valence-electron chi connectivity index (χ0n) is 10.4. The van der Waals surface area contributed by atoms with Crippen molar-refractivity contribution in [1.29, 1.82) is 0 Å². The number of nitro groups is 1. The second kappa shape index (κ2) is 5.34. The van der Waals surface area contributed by atoms with Crippen LogP contribution in [0.15, 0.2) is 36.7 Å². The number of hydrogen-bond donors (Lipinski definition) is 1. The van der Waals surface area contributed by atoms with Gasteiger partial charge in [-0.1, -0.05) is 13.0 Å². The summed E-state index contributed by atoms with van der Waals surface area (Å²) in [7, 11) is 0. The molecule has 2 aromatic rings. The normalized spacial score (nSPS) is 10.2. The minimum absolute atomic E-state index is 0.0678. The van der Waals surface area contributed by atoms with Gasteiger partial charge in [0.15, 0.2) is 0 Å². The highest BCUT2D eigenvalue weighted by Crippen LogP contribution is 2.32. The van der Waals surface area contributed by atoms with Gasteiger partial charge in [-0.25, -0.2) is 0 Å². The van der Waals surface area contributed by atoms with Crippen LogP contribution in [0.2, 0.25) is 0 Å². The summed E-state index contributed by atoms with van der Waals surface area (Å²) in [6.07, 6.45) is 3.65. The molecule has 0 spiro atoms. The fourth-order valence-corrected chi connectivity index (χ4v) is 1.63. The summed E-state index contributed by atoms with van der Waals surface area (Å²) in [5.74, 6) is 0.543. The van der Waals surface area contributed by atoms with Crippen LogP contribution < -0.4 is 10.5 Å². The molecule has 0 unspecified atom stereocenters. The Kier molecular flexibility index (Phi) is 3.61. The Morgan fingerprint density at radius 2 is 2.16 bits per heavy atom. The summed E-state index contributed by atoms with van der Waals surface area (Å²) < 4.78 is 5.47. The molecule has 0 bridgehead atoms. The lowest BCUT2D eigenvalue weighted by Crippen LogP contribution is -1.96. The molecule has 0 amide bonds. The summed E-state index contributed by atoms with van der Waals surface area (Å²) in [5, 5.41) is 11.0. The highest BCUT2D eigenvalue weighted by Gasteiger charge is 2.16. The van der Waals surface area contributed by atoms with Crippen LogP contribution in [0.1, 0.15) is 12.5 Å². The number of ether oxygens (including phenoxy) is 1. The number of aryl methyl sites for hydroxylation is 1. The molecule has 98 valence electrons. The minimum Gasteiger partial charge on any atom is -0.448 e. The number of nitrogens with two attached hydrogens (primary N) is 1. The van der Waals surface area contributed by atoms with Gasteiger partial charge < -0.3 is 10.5 Å². The van der Waals surface area contributed by atoms with Crippen molar-refractivity contribution in [3.63, 3.8) is 0 Å². The second-order valence-corrected chi connectivity index (χ2v) is 3.97. The first-order valence-electron chi connectivity index (χ1n) is 5.76. The quantitative estimate of drug-likeness (QED) is 0.673. The van der Waals surface area contributed by atoms with Crippen LogP contribution in [-0.4, -0.2) is 9.91 Å². The molecule has 0 aliphatic rings. The first-order valence-corrected chi connectivity index (χ1v) is 5.76. The molecule has 0 aliphatic heterocycles. The van der Waals surface area contributed by atoms with Crippen molar-refractivity contribution < 1.29 is 9.66 Å². The van der Waals surface area contributed by atoms with Crippen molar-refractivity contribution in [2.45, 2.75) is 13.3 Å². The predicted octanol–water partition coefficient (Wildman–Crippen LogP) is 2.93. The van der Waals surface area contributed by atoms with E-state index in [0.717, 1.165) is 12.0 Å². The van der Waals surface area contributed by atoms with Crippen LogP contribution in [0.5, 0.6) is 11.5 Å². The van der Waals surface area contributed by atoms with Crippen LogP contribution in [0.4, 0.5) is 11.4 Å². The number of nitrogen functional groups attached to an aromatic ring is 1. The van der Waals surface area contributed by atoms with Crippen molar-refractivity contribution in [2.75, 3.05) is 5.73 Å². The van der Waals surface area contributed by atoms with E-state index in [4.69, 9.17) is 10.5 Å². The molecule has 0 saturated heterocycles. The van der Waals surface area contributed by atoms with Gasteiger partial charge in [-0.3, -0.25) is 15.1 Å². The number of nitrogens with zero attached hydrogens (tertiary/aromatic N) is 2. The van der Waals surface area contributed by atoms with Gasteiger partial charge in [0.2, 0.25) is 5.75 Å². The third kappa shape index (κ3) is 2.98. The zero-order valence-corrected chi connectivity index (χ0v) is 10.4. The lowest BCUT2D eigenvalue weighted by molar-refractivity contribution is -0.385. The van der Waals surface area contributed by atoms with Gasteiger partial charge in [0.1, 0.15) is 5.75 Å². The molecule has 0 fully saturated rings. The molecular weight excluding hydrogens is 246 g/mol. The lowest BCUT2D eigenvalue weighted by atomic mass is 10.1. The Balaban J connectivity index is 2.36. The van der Waals surface area contributed by atoms with Gasteiger partial charge in [-0.15, -0.1) is 0 Å². The lowest BCUT2D eigenvalue weighted by Gasteiger charge is -2.07. The van der Waals surface area contributed by atoms with Crippen molar-refractivity contribution in [3.05, 3.63) is 52.3 Å².